The van der Waals surface area contributed by atoms with E-state index in [9.17, 15) is 9.90 Å². The topological polar surface area (TPSA) is 110 Å². The molecular formula is C6H7NaO6. The van der Waals surface area contributed by atoms with E-state index >= 15 is 0 Å². The molecule has 0 aliphatic carbocycles. The molecule has 3 N–H and O–H groups in total. The zero-order chi connectivity index (χ0) is 9.30. The van der Waals surface area contributed by atoms with Gasteiger partial charge in [-0.15, -0.1) is 0 Å². The predicted molar refractivity (Wildman–Crippen MR) is 32.6 cm³/mol. The monoisotopic (exact) mass is 198 g/mol. The first-order chi connectivity index (χ1) is 5.57. The Morgan fingerprint density at radius 2 is 2.15 bits per heavy atom. The van der Waals surface area contributed by atoms with Crippen LogP contribution in [0.25, 0.3) is 0 Å². The van der Waals surface area contributed by atoms with Gasteiger partial charge in [-0.2, -0.15) is 0 Å². The first-order valence-electron chi connectivity index (χ1n) is 3.18. The summed E-state index contributed by atoms with van der Waals surface area (Å²) in [5.74, 6) is -3.20. The van der Waals surface area contributed by atoms with Crippen LogP contribution in [-0.2, 0) is 9.53 Å². The third-order valence-corrected chi connectivity index (χ3v) is 1.46. The number of carbonyl (C=O) groups excluding carboxylic acids is 1. The maximum atomic E-state index is 10.8. The van der Waals surface area contributed by atoms with Crippen LogP contribution in [0.3, 0.4) is 0 Å². The summed E-state index contributed by atoms with van der Waals surface area (Å²) < 4.78 is 4.25. The Kier molecular flexibility index (Phi) is 4.72. The van der Waals surface area contributed by atoms with E-state index in [0.717, 1.165) is 0 Å². The summed E-state index contributed by atoms with van der Waals surface area (Å²) in [6, 6.07) is 0. The molecule has 0 aromatic heterocycles. The molecule has 0 spiro atoms. The van der Waals surface area contributed by atoms with Crippen molar-refractivity contribution >= 4 is 5.97 Å². The van der Waals surface area contributed by atoms with Gasteiger partial charge in [-0.05, 0) is 5.76 Å². The molecule has 68 valence electrons. The van der Waals surface area contributed by atoms with Gasteiger partial charge in [-0.3, -0.25) is 0 Å². The Morgan fingerprint density at radius 1 is 1.62 bits per heavy atom. The molecule has 0 unspecified atom stereocenters. The normalized spacial score (nSPS) is 23.8. The Labute approximate surface area is 95.7 Å². The van der Waals surface area contributed by atoms with Gasteiger partial charge in [0.05, 0.1) is 6.61 Å². The second kappa shape index (κ2) is 4.83. The van der Waals surface area contributed by atoms with Gasteiger partial charge in [-0.1, -0.05) is 0 Å². The zero-order valence-electron chi connectivity index (χ0n) is 6.93. The Balaban J connectivity index is 0.00000144. The van der Waals surface area contributed by atoms with Gasteiger partial charge in [-0.25, -0.2) is 4.79 Å². The average molecular weight is 198 g/mol. The first kappa shape index (κ1) is 12.7. The molecule has 1 rings (SSSR count). The Bertz CT molecular complexity index is 237. The van der Waals surface area contributed by atoms with Crippen LogP contribution in [0.2, 0.25) is 0 Å². The van der Waals surface area contributed by atoms with Crippen molar-refractivity contribution in [3.8, 4) is 0 Å². The summed E-state index contributed by atoms with van der Waals surface area (Å²) in [5.41, 5.74) is 0. The number of aliphatic hydroxyl groups excluding tert-OH is 3. The van der Waals surface area contributed by atoms with E-state index in [1.807, 2.05) is 0 Å². The van der Waals surface area contributed by atoms with Crippen LogP contribution in [0.4, 0.5) is 0 Å². The van der Waals surface area contributed by atoms with Crippen LogP contribution in [-0.4, -0.2) is 40.1 Å². The number of hydrogen-bond donors (Lipinski definition) is 3. The van der Waals surface area contributed by atoms with Crippen LogP contribution in [0.1, 0.15) is 0 Å². The van der Waals surface area contributed by atoms with Crippen molar-refractivity contribution in [3.63, 3.8) is 0 Å². The largest absolute Gasteiger partial charge is 1.00 e. The Hall–Kier alpha value is -0.270. The molecule has 0 aromatic carbocycles. The second-order valence-electron chi connectivity index (χ2n) is 2.29. The summed E-state index contributed by atoms with van der Waals surface area (Å²) in [5, 5.41) is 36.8. The number of cyclic esters (lactones) is 1. The maximum Gasteiger partial charge on any atom is 1.00 e. The van der Waals surface area contributed by atoms with Crippen molar-refractivity contribution in [2.75, 3.05) is 6.61 Å². The van der Waals surface area contributed by atoms with E-state index in [1.165, 1.54) is 0 Å². The minimum Gasteiger partial charge on any atom is -0.870 e. The SMILES string of the molecule is O=C1O[C@H]([C@H](O)CO)C([O-])=C1O.[Na+]. The standard InChI is InChI=1S/C6H8O6.Na/c7-1-2(8)5-3(9)4(10)6(11)12-5;/h2,5,7-10H,1H2;/q;+1/p-1/t2-,5-;/m1./s1. The van der Waals surface area contributed by atoms with Crippen molar-refractivity contribution in [2.24, 2.45) is 0 Å². The van der Waals surface area contributed by atoms with E-state index in [2.05, 4.69) is 4.74 Å². The average Bonchev–Trinajstić information content (AvgIpc) is 2.32. The van der Waals surface area contributed by atoms with Crippen LogP contribution < -0.4 is 34.7 Å². The number of hydrogen-bond acceptors (Lipinski definition) is 6. The number of carbonyl (C=O) groups is 1. The molecule has 0 saturated carbocycles. The van der Waals surface area contributed by atoms with E-state index in [0.29, 0.717) is 0 Å². The molecule has 2 atom stereocenters. The van der Waals surface area contributed by atoms with Gasteiger partial charge in [0.1, 0.15) is 12.2 Å². The molecular weight excluding hydrogens is 191 g/mol. The maximum absolute atomic E-state index is 10.8. The molecule has 1 aliphatic rings. The number of esters is 1. The number of rotatable bonds is 2. The van der Waals surface area contributed by atoms with Crippen LogP contribution in [0, 0.1) is 0 Å². The quantitative estimate of drug-likeness (QED) is 0.301. The fourth-order valence-corrected chi connectivity index (χ4v) is 0.809. The molecule has 0 fully saturated rings. The molecule has 0 saturated heterocycles. The third-order valence-electron chi connectivity index (χ3n) is 1.46. The van der Waals surface area contributed by atoms with E-state index in [4.69, 9.17) is 15.3 Å². The minimum absolute atomic E-state index is 0. The van der Waals surface area contributed by atoms with Crippen molar-refractivity contribution in [2.45, 2.75) is 12.2 Å². The summed E-state index contributed by atoms with van der Waals surface area (Å²) in [4.78, 5) is 10.5. The third kappa shape index (κ3) is 2.35. The molecule has 1 aliphatic heterocycles. The zero-order valence-corrected chi connectivity index (χ0v) is 8.93. The van der Waals surface area contributed by atoms with Gasteiger partial charge in [0, 0.05) is 0 Å². The Morgan fingerprint density at radius 3 is 2.46 bits per heavy atom. The fourth-order valence-electron chi connectivity index (χ4n) is 0.809. The number of aliphatic hydroxyl groups is 3. The van der Waals surface area contributed by atoms with E-state index in [-0.39, 0.29) is 29.6 Å². The second-order valence-corrected chi connectivity index (χ2v) is 2.29. The summed E-state index contributed by atoms with van der Waals surface area (Å²) in [6.07, 6.45) is -2.95. The van der Waals surface area contributed by atoms with Gasteiger partial charge >= 0.3 is 35.5 Å². The molecule has 13 heavy (non-hydrogen) atoms. The van der Waals surface area contributed by atoms with Crippen LogP contribution in [0.15, 0.2) is 11.5 Å². The molecule has 0 amide bonds. The predicted octanol–water partition coefficient (Wildman–Crippen LogP) is -5.60. The molecule has 0 bridgehead atoms. The van der Waals surface area contributed by atoms with E-state index in [1.54, 1.807) is 0 Å². The van der Waals surface area contributed by atoms with Crippen LogP contribution >= 0.6 is 0 Å². The molecule has 0 radical (unpaired) electrons. The fraction of sp³-hybridized carbons (Fsp3) is 0.500. The first-order valence-corrected chi connectivity index (χ1v) is 3.18. The summed E-state index contributed by atoms with van der Waals surface area (Å²) in [7, 11) is 0. The molecule has 0 aromatic rings. The van der Waals surface area contributed by atoms with Gasteiger partial charge in [0.2, 0.25) is 0 Å². The van der Waals surface area contributed by atoms with Crippen molar-refractivity contribution in [3.05, 3.63) is 11.5 Å². The van der Waals surface area contributed by atoms with Gasteiger partial charge in [0.15, 0.2) is 5.76 Å². The van der Waals surface area contributed by atoms with E-state index < -0.39 is 36.3 Å². The molecule has 6 nitrogen and oxygen atoms in total. The number of ether oxygens (including phenoxy) is 1. The van der Waals surface area contributed by atoms with Gasteiger partial charge in [0.25, 0.3) is 0 Å². The van der Waals surface area contributed by atoms with Crippen molar-refractivity contribution in [1.82, 2.24) is 0 Å². The minimum atomic E-state index is -1.48. The molecule has 7 heteroatoms. The smallest absolute Gasteiger partial charge is 0.870 e. The van der Waals surface area contributed by atoms with Crippen molar-refractivity contribution in [1.29, 1.82) is 0 Å². The summed E-state index contributed by atoms with van der Waals surface area (Å²) >= 11 is 0. The van der Waals surface area contributed by atoms with Gasteiger partial charge < -0.3 is 25.2 Å². The molecule has 1 heterocycles. The van der Waals surface area contributed by atoms with Crippen LogP contribution in [0.5, 0.6) is 0 Å². The van der Waals surface area contributed by atoms with Crippen molar-refractivity contribution < 1.29 is 59.5 Å². The summed E-state index contributed by atoms with van der Waals surface area (Å²) in [6.45, 7) is -0.711.